The smallest absolute Gasteiger partial charge is 0.459 e. The number of rotatable bonds is 6. The highest BCUT2D eigenvalue weighted by molar-refractivity contribution is 6.20. The first kappa shape index (κ1) is 21.9. The number of halogens is 3. The fraction of sp³-hybridized carbons (Fsp3) is 0.143. The van der Waals surface area contributed by atoms with E-state index >= 15 is 0 Å². The largest absolute Gasteiger partial charge is 0.573 e. The molecule has 0 atom stereocenters. The van der Waals surface area contributed by atoms with Crippen molar-refractivity contribution in [1.29, 1.82) is 0 Å². The van der Waals surface area contributed by atoms with Crippen molar-refractivity contribution in [3.05, 3.63) is 72.3 Å². The maximum absolute atomic E-state index is 12.9. The van der Waals surface area contributed by atoms with Crippen molar-refractivity contribution >= 4 is 29.4 Å². The van der Waals surface area contributed by atoms with Crippen LogP contribution in [-0.2, 0) is 11.3 Å². The predicted octanol–water partition coefficient (Wildman–Crippen LogP) is 3.79. The Morgan fingerprint density at radius 3 is 2.67 bits per heavy atom. The van der Waals surface area contributed by atoms with E-state index < -0.39 is 30.0 Å². The van der Waals surface area contributed by atoms with Gasteiger partial charge in [-0.15, -0.1) is 13.2 Å². The molecule has 1 N–H and O–H groups in total. The van der Waals surface area contributed by atoms with Crippen molar-refractivity contribution < 1.29 is 36.7 Å². The van der Waals surface area contributed by atoms with Crippen LogP contribution in [0, 0.1) is 0 Å². The van der Waals surface area contributed by atoms with Gasteiger partial charge in [0.15, 0.2) is 11.5 Å². The molecule has 1 saturated heterocycles. The van der Waals surface area contributed by atoms with Crippen LogP contribution in [0.25, 0.3) is 0 Å². The standard InChI is InChI=1S/C21H15F3N4O5/c22-21(23,24)33-15-5-2-1-4-14(15)28-18(29)12-27(20(28)31)11-13-7-8-25-17(10-13)26-19(30)16-6-3-9-32-16/h1-10H,11-12H2,(H,25,26,30). The number of pyridine rings is 1. The van der Waals surface area contributed by atoms with Gasteiger partial charge in [-0.2, -0.15) is 0 Å². The summed E-state index contributed by atoms with van der Waals surface area (Å²) in [6.45, 7) is -0.398. The molecule has 1 fully saturated rings. The molecule has 4 rings (SSSR count). The summed E-state index contributed by atoms with van der Waals surface area (Å²) in [6, 6.07) is 10.2. The molecule has 3 aromatic rings. The van der Waals surface area contributed by atoms with Gasteiger partial charge >= 0.3 is 12.4 Å². The molecule has 170 valence electrons. The van der Waals surface area contributed by atoms with E-state index in [4.69, 9.17) is 4.42 Å². The number of anilines is 2. The number of benzene rings is 1. The second-order valence-corrected chi connectivity index (χ2v) is 6.86. The molecule has 1 aromatic carbocycles. The van der Waals surface area contributed by atoms with Crippen molar-refractivity contribution in [3.63, 3.8) is 0 Å². The Hall–Kier alpha value is -4.35. The fourth-order valence-electron chi connectivity index (χ4n) is 3.21. The number of para-hydroxylation sites is 2. The van der Waals surface area contributed by atoms with Gasteiger partial charge in [0.1, 0.15) is 12.4 Å². The Balaban J connectivity index is 1.50. The molecular weight excluding hydrogens is 445 g/mol. The maximum atomic E-state index is 12.9. The minimum Gasteiger partial charge on any atom is -0.459 e. The van der Waals surface area contributed by atoms with Crippen molar-refractivity contribution in [3.8, 4) is 5.75 Å². The van der Waals surface area contributed by atoms with Gasteiger partial charge in [-0.1, -0.05) is 12.1 Å². The number of urea groups is 1. The van der Waals surface area contributed by atoms with Crippen LogP contribution in [0.2, 0.25) is 0 Å². The summed E-state index contributed by atoms with van der Waals surface area (Å²) < 4.78 is 47.1. The van der Waals surface area contributed by atoms with Crippen LogP contribution in [0.5, 0.6) is 5.75 Å². The Morgan fingerprint density at radius 1 is 1.15 bits per heavy atom. The highest BCUT2D eigenvalue weighted by Gasteiger charge is 2.40. The van der Waals surface area contributed by atoms with Crippen LogP contribution < -0.4 is 15.0 Å². The van der Waals surface area contributed by atoms with Crippen molar-refractivity contribution in [1.82, 2.24) is 9.88 Å². The number of furan rings is 1. The van der Waals surface area contributed by atoms with Crippen LogP contribution >= 0.6 is 0 Å². The number of hydrogen-bond acceptors (Lipinski definition) is 6. The molecule has 33 heavy (non-hydrogen) atoms. The van der Waals surface area contributed by atoms with Gasteiger partial charge in [0.2, 0.25) is 0 Å². The minimum absolute atomic E-state index is 0.0461. The SMILES string of the molecule is O=C(Nc1cc(CN2CC(=O)N(c3ccccc3OC(F)(F)F)C2=O)ccn1)c1ccco1. The molecule has 9 nitrogen and oxygen atoms in total. The van der Waals surface area contributed by atoms with Crippen molar-refractivity contribution in [2.45, 2.75) is 12.9 Å². The first-order chi connectivity index (χ1) is 15.7. The second kappa shape index (κ2) is 8.65. The third-order valence-corrected chi connectivity index (χ3v) is 4.55. The quantitative estimate of drug-likeness (QED) is 0.561. The zero-order chi connectivity index (χ0) is 23.6. The number of nitrogens with one attached hydrogen (secondary N) is 1. The lowest BCUT2D eigenvalue weighted by Gasteiger charge is -2.20. The highest BCUT2D eigenvalue weighted by Crippen LogP contribution is 2.35. The fourth-order valence-corrected chi connectivity index (χ4v) is 3.21. The number of carbonyl (C=O) groups excluding carboxylic acids is 3. The van der Waals surface area contributed by atoms with E-state index in [0.717, 1.165) is 11.0 Å². The average molecular weight is 460 g/mol. The lowest BCUT2D eigenvalue weighted by atomic mass is 10.2. The van der Waals surface area contributed by atoms with Crippen LogP contribution in [-0.4, -0.2) is 40.6 Å². The Kier molecular flexibility index (Phi) is 5.73. The molecule has 0 bridgehead atoms. The third kappa shape index (κ3) is 4.95. The van der Waals surface area contributed by atoms with Gasteiger partial charge in [0, 0.05) is 12.7 Å². The van der Waals surface area contributed by atoms with E-state index in [0.29, 0.717) is 10.5 Å². The summed E-state index contributed by atoms with van der Waals surface area (Å²) in [5.74, 6) is -1.63. The molecule has 4 amide bonds. The Morgan fingerprint density at radius 2 is 1.94 bits per heavy atom. The molecule has 0 saturated carbocycles. The second-order valence-electron chi connectivity index (χ2n) is 6.86. The number of hydrogen-bond donors (Lipinski definition) is 1. The van der Waals surface area contributed by atoms with E-state index in [1.807, 2.05) is 0 Å². The van der Waals surface area contributed by atoms with Crippen LogP contribution in [0.4, 0.5) is 29.5 Å². The first-order valence-corrected chi connectivity index (χ1v) is 9.48. The van der Waals surface area contributed by atoms with E-state index in [1.165, 1.54) is 42.8 Å². The molecule has 0 spiro atoms. The predicted molar refractivity (Wildman–Crippen MR) is 107 cm³/mol. The number of aromatic nitrogens is 1. The first-order valence-electron chi connectivity index (χ1n) is 9.48. The lowest BCUT2D eigenvalue weighted by Crippen LogP contribution is -2.33. The highest BCUT2D eigenvalue weighted by atomic mass is 19.4. The van der Waals surface area contributed by atoms with Crippen LogP contribution in [0.1, 0.15) is 16.1 Å². The van der Waals surface area contributed by atoms with Crippen molar-refractivity contribution in [2.24, 2.45) is 0 Å². The van der Waals surface area contributed by atoms with Crippen molar-refractivity contribution in [2.75, 3.05) is 16.8 Å². The Labute approximate surface area is 184 Å². The maximum Gasteiger partial charge on any atom is 0.573 e. The molecule has 0 radical (unpaired) electrons. The summed E-state index contributed by atoms with van der Waals surface area (Å²) in [5.41, 5.74) is 0.219. The minimum atomic E-state index is -4.99. The summed E-state index contributed by atoms with van der Waals surface area (Å²) in [4.78, 5) is 43.3. The van der Waals surface area contributed by atoms with Gasteiger partial charge < -0.3 is 19.4 Å². The van der Waals surface area contributed by atoms with E-state index in [1.54, 1.807) is 12.1 Å². The van der Waals surface area contributed by atoms with Gasteiger partial charge in [-0.3, -0.25) is 9.59 Å². The third-order valence-electron chi connectivity index (χ3n) is 4.55. The lowest BCUT2D eigenvalue weighted by molar-refractivity contribution is -0.274. The number of alkyl halides is 3. The zero-order valence-corrected chi connectivity index (χ0v) is 16.7. The molecule has 1 aliphatic heterocycles. The molecule has 12 heteroatoms. The molecule has 0 unspecified atom stereocenters. The van der Waals surface area contributed by atoms with Crippen LogP contribution in [0.3, 0.4) is 0 Å². The summed E-state index contributed by atoms with van der Waals surface area (Å²) in [7, 11) is 0. The van der Waals surface area contributed by atoms with Gasteiger partial charge in [0.25, 0.3) is 11.8 Å². The van der Waals surface area contributed by atoms with E-state index in [2.05, 4.69) is 15.0 Å². The van der Waals surface area contributed by atoms with Gasteiger partial charge in [-0.05, 0) is 42.0 Å². The number of amides is 4. The number of nitrogens with zero attached hydrogens (tertiary/aromatic N) is 3. The summed E-state index contributed by atoms with van der Waals surface area (Å²) in [5, 5.41) is 2.55. The number of imide groups is 1. The Bertz CT molecular complexity index is 1200. The van der Waals surface area contributed by atoms with E-state index in [9.17, 15) is 27.6 Å². The topological polar surface area (TPSA) is 105 Å². The average Bonchev–Trinajstić information content (AvgIpc) is 3.37. The normalized spacial score (nSPS) is 14.0. The molecule has 3 heterocycles. The van der Waals surface area contributed by atoms with Gasteiger partial charge in [-0.25, -0.2) is 14.7 Å². The number of ether oxygens (including phenoxy) is 1. The summed E-state index contributed by atoms with van der Waals surface area (Å²) in [6.07, 6.45) is -2.24. The zero-order valence-electron chi connectivity index (χ0n) is 16.7. The van der Waals surface area contributed by atoms with E-state index in [-0.39, 0.29) is 30.4 Å². The molecular formula is C21H15F3N4O5. The molecule has 2 aromatic heterocycles. The van der Waals surface area contributed by atoms with Crippen LogP contribution in [0.15, 0.2) is 65.4 Å². The summed E-state index contributed by atoms with van der Waals surface area (Å²) >= 11 is 0. The molecule has 1 aliphatic rings. The molecule has 0 aliphatic carbocycles. The number of carbonyl (C=O) groups is 3. The monoisotopic (exact) mass is 460 g/mol. The van der Waals surface area contributed by atoms with Gasteiger partial charge in [0.05, 0.1) is 12.0 Å².